The maximum Gasteiger partial charge on any atom is 0.244 e. The van der Waals surface area contributed by atoms with Crippen molar-refractivity contribution in [2.75, 3.05) is 6.61 Å². The van der Waals surface area contributed by atoms with E-state index in [0.29, 0.717) is 6.61 Å². The van der Waals surface area contributed by atoms with Crippen molar-refractivity contribution in [3.63, 3.8) is 0 Å². The molecule has 0 unspecified atom stereocenters. The molecular weight excluding hydrogens is 346 g/mol. The lowest BCUT2D eigenvalue weighted by Crippen LogP contribution is -2.27. The van der Waals surface area contributed by atoms with Crippen LogP contribution in [0.2, 0.25) is 0 Å². The zero-order valence-electron chi connectivity index (χ0n) is 15.6. The van der Waals surface area contributed by atoms with Crippen LogP contribution in [-0.4, -0.2) is 12.5 Å². The molecule has 3 heteroatoms. The van der Waals surface area contributed by atoms with Crippen LogP contribution in [0.5, 0.6) is 5.75 Å². The lowest BCUT2D eigenvalue weighted by Gasteiger charge is -2.19. The molecule has 1 N–H and O–H groups in total. The molecule has 0 aliphatic rings. The Morgan fingerprint density at radius 1 is 0.893 bits per heavy atom. The molecular formula is C25H23NO2. The third kappa shape index (κ3) is 5.45. The van der Waals surface area contributed by atoms with E-state index in [2.05, 4.69) is 11.9 Å². The standard InChI is InChI=1S/C25H23NO2/c1-2-19-28-23-16-13-20(14-17-23)15-18-24(27)26-25(21-9-5-3-6-10-21)22-11-7-4-8-12-22/h2-18,25H,1,19H2,(H,26,27)/b18-15+. The van der Waals surface area contributed by atoms with E-state index >= 15 is 0 Å². The Labute approximate surface area is 166 Å². The molecule has 0 saturated heterocycles. The number of ether oxygens (including phenoxy) is 1. The molecule has 3 rings (SSSR count). The number of rotatable bonds is 8. The van der Waals surface area contributed by atoms with Gasteiger partial charge in [-0.25, -0.2) is 0 Å². The van der Waals surface area contributed by atoms with E-state index in [4.69, 9.17) is 4.74 Å². The summed E-state index contributed by atoms with van der Waals surface area (Å²) in [7, 11) is 0. The molecule has 3 aromatic rings. The van der Waals surface area contributed by atoms with E-state index in [1.165, 1.54) is 0 Å². The van der Waals surface area contributed by atoms with Gasteiger partial charge in [-0.05, 0) is 34.9 Å². The smallest absolute Gasteiger partial charge is 0.244 e. The van der Waals surface area contributed by atoms with Gasteiger partial charge < -0.3 is 10.1 Å². The number of carbonyl (C=O) groups is 1. The van der Waals surface area contributed by atoms with Crippen LogP contribution in [0.15, 0.2) is 104 Å². The largest absolute Gasteiger partial charge is 0.490 e. The molecule has 0 fully saturated rings. The highest BCUT2D eigenvalue weighted by Gasteiger charge is 2.15. The highest BCUT2D eigenvalue weighted by molar-refractivity contribution is 5.92. The quantitative estimate of drug-likeness (QED) is 0.439. The Hall–Kier alpha value is -3.59. The number of hydrogen-bond acceptors (Lipinski definition) is 2. The molecule has 3 aromatic carbocycles. The van der Waals surface area contributed by atoms with Gasteiger partial charge in [0, 0.05) is 6.08 Å². The first-order valence-corrected chi connectivity index (χ1v) is 9.18. The van der Waals surface area contributed by atoms with Gasteiger partial charge in [-0.3, -0.25) is 4.79 Å². The predicted molar refractivity (Wildman–Crippen MR) is 114 cm³/mol. The normalized spacial score (nSPS) is 10.8. The molecule has 0 heterocycles. The highest BCUT2D eigenvalue weighted by Crippen LogP contribution is 2.21. The van der Waals surface area contributed by atoms with E-state index in [1.54, 1.807) is 18.2 Å². The zero-order valence-corrected chi connectivity index (χ0v) is 15.6. The second kappa shape index (κ2) is 9.93. The van der Waals surface area contributed by atoms with Gasteiger partial charge in [0.25, 0.3) is 0 Å². The summed E-state index contributed by atoms with van der Waals surface area (Å²) in [6.45, 7) is 4.10. The second-order valence-electron chi connectivity index (χ2n) is 6.27. The van der Waals surface area contributed by atoms with Gasteiger partial charge in [-0.15, -0.1) is 0 Å². The van der Waals surface area contributed by atoms with Crippen molar-refractivity contribution < 1.29 is 9.53 Å². The van der Waals surface area contributed by atoms with Crippen molar-refractivity contribution in [1.29, 1.82) is 0 Å². The van der Waals surface area contributed by atoms with Gasteiger partial charge in [-0.1, -0.05) is 85.5 Å². The molecule has 0 radical (unpaired) electrons. The third-order valence-electron chi connectivity index (χ3n) is 4.23. The Morgan fingerprint density at radius 2 is 1.46 bits per heavy atom. The fourth-order valence-electron chi connectivity index (χ4n) is 2.84. The van der Waals surface area contributed by atoms with E-state index in [1.807, 2.05) is 84.9 Å². The maximum absolute atomic E-state index is 12.5. The zero-order chi connectivity index (χ0) is 19.6. The van der Waals surface area contributed by atoms with Gasteiger partial charge in [-0.2, -0.15) is 0 Å². The van der Waals surface area contributed by atoms with Crippen LogP contribution in [0.4, 0.5) is 0 Å². The summed E-state index contributed by atoms with van der Waals surface area (Å²) in [6.07, 6.45) is 5.05. The molecule has 0 bridgehead atoms. The second-order valence-corrected chi connectivity index (χ2v) is 6.27. The number of hydrogen-bond donors (Lipinski definition) is 1. The Kier molecular flexibility index (Phi) is 6.80. The molecule has 0 saturated carbocycles. The van der Waals surface area contributed by atoms with Crippen molar-refractivity contribution in [3.05, 3.63) is 120 Å². The topological polar surface area (TPSA) is 38.3 Å². The summed E-state index contributed by atoms with van der Waals surface area (Å²) in [5, 5.41) is 3.10. The van der Waals surface area contributed by atoms with Crippen LogP contribution in [0.3, 0.4) is 0 Å². The number of benzene rings is 3. The van der Waals surface area contributed by atoms with E-state index in [-0.39, 0.29) is 11.9 Å². The molecule has 0 aromatic heterocycles. The SMILES string of the molecule is C=CCOc1ccc(/C=C/C(=O)NC(c2ccccc2)c2ccccc2)cc1. The van der Waals surface area contributed by atoms with E-state index in [9.17, 15) is 4.79 Å². The lowest BCUT2D eigenvalue weighted by atomic mass is 9.98. The molecule has 0 spiro atoms. The number of carbonyl (C=O) groups excluding carboxylic acids is 1. The summed E-state index contributed by atoms with van der Waals surface area (Å²) in [5.74, 6) is 0.624. The van der Waals surface area contributed by atoms with Gasteiger partial charge in [0.2, 0.25) is 5.91 Å². The summed E-state index contributed by atoms with van der Waals surface area (Å²) < 4.78 is 5.46. The molecule has 0 aliphatic carbocycles. The molecule has 28 heavy (non-hydrogen) atoms. The van der Waals surface area contributed by atoms with Gasteiger partial charge >= 0.3 is 0 Å². The Morgan fingerprint density at radius 3 is 2.00 bits per heavy atom. The van der Waals surface area contributed by atoms with Crippen LogP contribution in [-0.2, 0) is 4.79 Å². The summed E-state index contributed by atoms with van der Waals surface area (Å²) in [4.78, 5) is 12.5. The molecule has 0 atom stereocenters. The van der Waals surface area contributed by atoms with Crippen molar-refractivity contribution in [2.45, 2.75) is 6.04 Å². The Bertz CT molecular complexity index is 876. The minimum atomic E-state index is -0.200. The van der Waals surface area contributed by atoms with Crippen molar-refractivity contribution in [2.24, 2.45) is 0 Å². The van der Waals surface area contributed by atoms with Gasteiger partial charge in [0.15, 0.2) is 0 Å². The maximum atomic E-state index is 12.5. The number of nitrogens with one attached hydrogen (secondary N) is 1. The monoisotopic (exact) mass is 369 g/mol. The van der Waals surface area contributed by atoms with Crippen LogP contribution >= 0.6 is 0 Å². The molecule has 1 amide bonds. The van der Waals surface area contributed by atoms with E-state index < -0.39 is 0 Å². The van der Waals surface area contributed by atoms with Gasteiger partial charge in [0.05, 0.1) is 6.04 Å². The summed E-state index contributed by atoms with van der Waals surface area (Å²) in [5.41, 5.74) is 3.01. The minimum Gasteiger partial charge on any atom is -0.490 e. The third-order valence-corrected chi connectivity index (χ3v) is 4.23. The van der Waals surface area contributed by atoms with Crippen LogP contribution in [0.1, 0.15) is 22.7 Å². The van der Waals surface area contributed by atoms with Crippen molar-refractivity contribution >= 4 is 12.0 Å². The first-order chi connectivity index (χ1) is 13.8. The fourth-order valence-corrected chi connectivity index (χ4v) is 2.84. The Balaban J connectivity index is 1.70. The van der Waals surface area contributed by atoms with Crippen molar-refractivity contribution in [3.8, 4) is 5.75 Å². The highest BCUT2D eigenvalue weighted by atomic mass is 16.5. The summed E-state index contributed by atoms with van der Waals surface area (Å²) >= 11 is 0. The van der Waals surface area contributed by atoms with Crippen LogP contribution < -0.4 is 10.1 Å². The molecule has 140 valence electrons. The summed E-state index contributed by atoms with van der Waals surface area (Å²) in [6, 6.07) is 27.3. The molecule has 0 aliphatic heterocycles. The predicted octanol–water partition coefficient (Wildman–Crippen LogP) is 5.17. The van der Waals surface area contributed by atoms with Gasteiger partial charge in [0.1, 0.15) is 12.4 Å². The van der Waals surface area contributed by atoms with Crippen molar-refractivity contribution in [1.82, 2.24) is 5.32 Å². The minimum absolute atomic E-state index is 0.148. The lowest BCUT2D eigenvalue weighted by molar-refractivity contribution is -0.116. The van der Waals surface area contributed by atoms with Crippen LogP contribution in [0.25, 0.3) is 6.08 Å². The first kappa shape index (κ1) is 19.2. The number of amides is 1. The average Bonchev–Trinajstić information content (AvgIpc) is 2.76. The van der Waals surface area contributed by atoms with Crippen LogP contribution in [0, 0.1) is 0 Å². The first-order valence-electron chi connectivity index (χ1n) is 9.18. The molecule has 3 nitrogen and oxygen atoms in total. The van der Waals surface area contributed by atoms with E-state index in [0.717, 1.165) is 22.4 Å². The average molecular weight is 369 g/mol. The fraction of sp³-hybridized carbons (Fsp3) is 0.0800.